The van der Waals surface area contributed by atoms with Crippen molar-refractivity contribution in [1.82, 2.24) is 15.6 Å². The number of aromatic nitrogens is 1. The van der Waals surface area contributed by atoms with Crippen LogP contribution in [-0.4, -0.2) is 29.9 Å². The Morgan fingerprint density at radius 3 is 2.55 bits per heavy atom. The number of amides is 2. The van der Waals surface area contributed by atoms with Gasteiger partial charge in [-0.1, -0.05) is 38.1 Å². The molecule has 1 aromatic heterocycles. The predicted molar refractivity (Wildman–Crippen MR) is 86.5 cm³/mol. The van der Waals surface area contributed by atoms with Gasteiger partial charge in [0.2, 0.25) is 5.91 Å². The van der Waals surface area contributed by atoms with Crippen LogP contribution in [-0.2, 0) is 4.79 Å². The zero-order chi connectivity index (χ0) is 15.9. The lowest BCUT2D eigenvalue weighted by molar-refractivity contribution is -0.123. The van der Waals surface area contributed by atoms with Gasteiger partial charge in [-0.25, -0.2) is 4.98 Å². The fraction of sp³-hybridized carbons (Fsp3) is 0.353. The van der Waals surface area contributed by atoms with Gasteiger partial charge in [0.1, 0.15) is 5.69 Å². The van der Waals surface area contributed by atoms with Crippen molar-refractivity contribution in [2.75, 3.05) is 13.1 Å². The number of carbonyl (C=O) groups excluding carboxylic acids is 2. The molecule has 5 nitrogen and oxygen atoms in total. The van der Waals surface area contributed by atoms with Crippen molar-refractivity contribution in [3.05, 3.63) is 42.1 Å². The lowest BCUT2D eigenvalue weighted by Gasteiger charge is -2.08. The quantitative estimate of drug-likeness (QED) is 0.803. The minimum Gasteiger partial charge on any atom is -0.356 e. The van der Waals surface area contributed by atoms with Gasteiger partial charge < -0.3 is 10.6 Å². The highest BCUT2D eigenvalue weighted by Gasteiger charge is 2.08. The first kappa shape index (κ1) is 15.9. The van der Waals surface area contributed by atoms with E-state index < -0.39 is 0 Å². The second-order valence-electron chi connectivity index (χ2n) is 5.44. The van der Waals surface area contributed by atoms with Crippen LogP contribution in [0.4, 0.5) is 0 Å². The van der Waals surface area contributed by atoms with E-state index in [-0.39, 0.29) is 17.7 Å². The number of rotatable bonds is 6. The molecule has 0 saturated carbocycles. The maximum Gasteiger partial charge on any atom is 0.269 e. The van der Waals surface area contributed by atoms with E-state index in [4.69, 9.17) is 0 Å². The van der Waals surface area contributed by atoms with E-state index in [1.165, 1.54) is 0 Å². The van der Waals surface area contributed by atoms with Crippen LogP contribution < -0.4 is 10.6 Å². The minimum atomic E-state index is -0.194. The summed E-state index contributed by atoms with van der Waals surface area (Å²) in [4.78, 5) is 27.8. The molecular formula is C17H21N3O2. The predicted octanol–water partition coefficient (Wildman–Crippen LogP) is 2.13. The molecule has 0 radical (unpaired) electrons. The first-order chi connectivity index (χ1) is 10.6. The van der Waals surface area contributed by atoms with Crippen molar-refractivity contribution in [2.24, 2.45) is 5.92 Å². The lowest BCUT2D eigenvalue weighted by atomic mass is 10.2. The van der Waals surface area contributed by atoms with Crippen LogP contribution >= 0.6 is 0 Å². The van der Waals surface area contributed by atoms with Gasteiger partial charge in [0.25, 0.3) is 5.91 Å². The number of para-hydroxylation sites is 1. The molecule has 0 spiro atoms. The Bertz CT molecular complexity index is 668. The van der Waals surface area contributed by atoms with Crippen molar-refractivity contribution < 1.29 is 9.59 Å². The number of fused-ring (bicyclic) bond motifs is 1. The molecule has 0 unspecified atom stereocenters. The molecule has 2 amide bonds. The summed E-state index contributed by atoms with van der Waals surface area (Å²) in [6, 6.07) is 11.3. The second kappa shape index (κ2) is 7.54. The Morgan fingerprint density at radius 2 is 1.77 bits per heavy atom. The monoisotopic (exact) mass is 299 g/mol. The lowest BCUT2D eigenvalue weighted by Crippen LogP contribution is -2.32. The molecule has 0 bridgehead atoms. The maximum atomic E-state index is 12.0. The Hall–Kier alpha value is -2.43. The minimum absolute atomic E-state index is 0.0172. The molecule has 0 saturated heterocycles. The molecule has 22 heavy (non-hydrogen) atoms. The molecule has 1 aromatic carbocycles. The van der Waals surface area contributed by atoms with Gasteiger partial charge in [0.05, 0.1) is 5.52 Å². The number of nitrogens with zero attached hydrogens (tertiary/aromatic N) is 1. The summed E-state index contributed by atoms with van der Waals surface area (Å²) in [6.45, 7) is 4.76. The third-order valence-corrected chi connectivity index (χ3v) is 3.29. The molecule has 0 aliphatic rings. The molecule has 5 heteroatoms. The smallest absolute Gasteiger partial charge is 0.269 e. The number of pyridine rings is 1. The average Bonchev–Trinajstić information content (AvgIpc) is 2.53. The van der Waals surface area contributed by atoms with Crippen LogP contribution in [0, 0.1) is 5.92 Å². The van der Waals surface area contributed by atoms with Crippen LogP contribution in [0.5, 0.6) is 0 Å². The second-order valence-corrected chi connectivity index (χ2v) is 5.44. The van der Waals surface area contributed by atoms with E-state index in [1.807, 2.05) is 44.2 Å². The number of nitrogens with one attached hydrogen (secondary N) is 2. The summed E-state index contributed by atoms with van der Waals surface area (Å²) < 4.78 is 0. The first-order valence-corrected chi connectivity index (χ1v) is 7.49. The Balaban J connectivity index is 1.80. The van der Waals surface area contributed by atoms with Crippen molar-refractivity contribution in [3.63, 3.8) is 0 Å². The Kier molecular flexibility index (Phi) is 5.47. The van der Waals surface area contributed by atoms with Gasteiger partial charge in [-0.05, 0) is 18.6 Å². The molecule has 0 aliphatic carbocycles. The van der Waals surface area contributed by atoms with Crippen LogP contribution in [0.25, 0.3) is 10.9 Å². The number of benzene rings is 1. The van der Waals surface area contributed by atoms with E-state index >= 15 is 0 Å². The van der Waals surface area contributed by atoms with Gasteiger partial charge in [-0.15, -0.1) is 0 Å². The normalized spacial score (nSPS) is 10.7. The van der Waals surface area contributed by atoms with Gasteiger partial charge in [-0.3, -0.25) is 9.59 Å². The SMILES string of the molecule is CC(C)C(=O)NCCCNC(=O)c1ccc2ccccc2n1. The van der Waals surface area contributed by atoms with Gasteiger partial charge >= 0.3 is 0 Å². The van der Waals surface area contributed by atoms with Gasteiger partial charge in [0.15, 0.2) is 0 Å². The fourth-order valence-corrected chi connectivity index (χ4v) is 1.99. The van der Waals surface area contributed by atoms with Crippen LogP contribution in [0.1, 0.15) is 30.8 Å². The summed E-state index contributed by atoms with van der Waals surface area (Å²) in [5.41, 5.74) is 1.21. The van der Waals surface area contributed by atoms with E-state index in [2.05, 4.69) is 15.6 Å². The van der Waals surface area contributed by atoms with E-state index in [0.29, 0.717) is 25.2 Å². The molecular weight excluding hydrogens is 278 g/mol. The molecule has 2 rings (SSSR count). The zero-order valence-electron chi connectivity index (χ0n) is 12.9. The zero-order valence-corrected chi connectivity index (χ0v) is 12.9. The summed E-state index contributed by atoms with van der Waals surface area (Å²) in [5, 5.41) is 6.64. The van der Waals surface area contributed by atoms with Crippen LogP contribution in [0.2, 0.25) is 0 Å². The highest BCUT2D eigenvalue weighted by atomic mass is 16.2. The van der Waals surface area contributed by atoms with Crippen LogP contribution in [0.15, 0.2) is 36.4 Å². The molecule has 2 N–H and O–H groups in total. The molecule has 0 aliphatic heterocycles. The van der Waals surface area contributed by atoms with Crippen LogP contribution in [0.3, 0.4) is 0 Å². The fourth-order valence-electron chi connectivity index (χ4n) is 1.99. The van der Waals surface area contributed by atoms with E-state index in [1.54, 1.807) is 6.07 Å². The number of carbonyl (C=O) groups is 2. The number of hydrogen-bond donors (Lipinski definition) is 2. The third-order valence-electron chi connectivity index (χ3n) is 3.29. The molecule has 0 fully saturated rings. The van der Waals surface area contributed by atoms with Crippen molar-refractivity contribution in [2.45, 2.75) is 20.3 Å². The largest absolute Gasteiger partial charge is 0.356 e. The maximum absolute atomic E-state index is 12.0. The third kappa shape index (κ3) is 4.28. The Morgan fingerprint density at radius 1 is 1.05 bits per heavy atom. The Labute approximate surface area is 130 Å². The molecule has 0 atom stereocenters. The topological polar surface area (TPSA) is 71.1 Å². The van der Waals surface area contributed by atoms with Crippen molar-refractivity contribution in [3.8, 4) is 0 Å². The van der Waals surface area contributed by atoms with E-state index in [0.717, 1.165) is 10.9 Å². The first-order valence-electron chi connectivity index (χ1n) is 7.49. The summed E-state index contributed by atoms with van der Waals surface area (Å²) in [6.07, 6.45) is 0.692. The molecule has 2 aromatic rings. The van der Waals surface area contributed by atoms with Crippen molar-refractivity contribution >= 4 is 22.7 Å². The highest BCUT2D eigenvalue weighted by Crippen LogP contribution is 2.11. The summed E-state index contributed by atoms with van der Waals surface area (Å²) >= 11 is 0. The van der Waals surface area contributed by atoms with E-state index in [9.17, 15) is 9.59 Å². The average molecular weight is 299 g/mol. The van der Waals surface area contributed by atoms with Gasteiger partial charge in [-0.2, -0.15) is 0 Å². The highest BCUT2D eigenvalue weighted by molar-refractivity contribution is 5.94. The summed E-state index contributed by atoms with van der Waals surface area (Å²) in [7, 11) is 0. The molecule has 1 heterocycles. The number of hydrogen-bond acceptors (Lipinski definition) is 3. The summed E-state index contributed by atoms with van der Waals surface area (Å²) in [5.74, 6) is -0.181. The standard InChI is InChI=1S/C17H21N3O2/c1-12(2)16(21)18-10-5-11-19-17(22)15-9-8-13-6-3-4-7-14(13)20-15/h3-4,6-9,12H,5,10-11H2,1-2H3,(H,18,21)(H,19,22). The van der Waals surface area contributed by atoms with Crippen molar-refractivity contribution in [1.29, 1.82) is 0 Å². The van der Waals surface area contributed by atoms with Gasteiger partial charge in [0, 0.05) is 24.4 Å². The molecule has 116 valence electrons.